The standard InChI is InChI=1S/C16H27N5/c1-4-9-21-11-7-14(8-12-21)19-16(17-2)18-13-15-6-5-10-20(15)3/h4-6,10,14H,1,7-9,11-13H2,2-3H3,(H2,17,18,19). The molecule has 1 aliphatic rings. The summed E-state index contributed by atoms with van der Waals surface area (Å²) in [5, 5.41) is 6.91. The summed E-state index contributed by atoms with van der Waals surface area (Å²) in [6.07, 6.45) is 6.34. The third-order valence-corrected chi connectivity index (χ3v) is 4.03. The van der Waals surface area contributed by atoms with E-state index in [1.165, 1.54) is 5.69 Å². The molecule has 0 radical (unpaired) electrons. The molecule has 0 saturated carbocycles. The van der Waals surface area contributed by atoms with Gasteiger partial charge in [0.1, 0.15) is 0 Å². The third-order valence-electron chi connectivity index (χ3n) is 4.03. The van der Waals surface area contributed by atoms with E-state index in [2.05, 4.69) is 57.0 Å². The fourth-order valence-corrected chi connectivity index (χ4v) is 2.68. The molecule has 1 saturated heterocycles. The van der Waals surface area contributed by atoms with Gasteiger partial charge in [-0.05, 0) is 25.0 Å². The van der Waals surface area contributed by atoms with Crippen LogP contribution in [0, 0.1) is 0 Å². The van der Waals surface area contributed by atoms with Crippen LogP contribution in [0.4, 0.5) is 0 Å². The smallest absolute Gasteiger partial charge is 0.191 e. The number of rotatable bonds is 5. The number of hydrogen-bond donors (Lipinski definition) is 2. The van der Waals surface area contributed by atoms with E-state index in [1.54, 1.807) is 0 Å². The van der Waals surface area contributed by atoms with Gasteiger partial charge in [0, 0.05) is 51.7 Å². The maximum Gasteiger partial charge on any atom is 0.191 e. The first-order valence-electron chi connectivity index (χ1n) is 7.63. The highest BCUT2D eigenvalue weighted by molar-refractivity contribution is 5.79. The molecule has 5 heteroatoms. The fraction of sp³-hybridized carbons (Fsp3) is 0.562. The Morgan fingerprint density at radius 2 is 2.24 bits per heavy atom. The number of hydrogen-bond acceptors (Lipinski definition) is 2. The summed E-state index contributed by atoms with van der Waals surface area (Å²) in [5.74, 6) is 0.887. The Morgan fingerprint density at radius 3 is 2.81 bits per heavy atom. The lowest BCUT2D eigenvalue weighted by atomic mass is 10.1. The van der Waals surface area contributed by atoms with Crippen LogP contribution < -0.4 is 10.6 Å². The topological polar surface area (TPSA) is 44.6 Å². The second-order valence-electron chi connectivity index (χ2n) is 5.54. The molecular formula is C16H27N5. The Bertz CT molecular complexity index is 469. The highest BCUT2D eigenvalue weighted by Gasteiger charge is 2.18. The molecule has 0 atom stereocenters. The summed E-state index contributed by atoms with van der Waals surface area (Å²) in [5.41, 5.74) is 1.25. The minimum atomic E-state index is 0.505. The zero-order chi connectivity index (χ0) is 15.1. The number of guanidine groups is 1. The normalized spacial score (nSPS) is 17.7. The van der Waals surface area contributed by atoms with Crippen LogP contribution in [0.1, 0.15) is 18.5 Å². The minimum Gasteiger partial charge on any atom is -0.354 e. The molecule has 0 aromatic carbocycles. The van der Waals surface area contributed by atoms with Crippen LogP contribution in [0.2, 0.25) is 0 Å². The molecule has 116 valence electrons. The predicted octanol–water partition coefficient (Wildman–Crippen LogP) is 1.34. The highest BCUT2D eigenvalue weighted by Crippen LogP contribution is 2.10. The number of aromatic nitrogens is 1. The molecule has 1 fully saturated rings. The van der Waals surface area contributed by atoms with Gasteiger partial charge >= 0.3 is 0 Å². The number of nitrogens with zero attached hydrogens (tertiary/aromatic N) is 3. The molecule has 0 bridgehead atoms. The molecule has 1 aromatic heterocycles. The molecule has 0 amide bonds. The SMILES string of the molecule is C=CCN1CCC(NC(=NC)NCc2cccn2C)CC1. The van der Waals surface area contributed by atoms with Crippen LogP contribution in [-0.4, -0.2) is 48.2 Å². The van der Waals surface area contributed by atoms with Crippen molar-refractivity contribution in [2.24, 2.45) is 12.0 Å². The summed E-state index contributed by atoms with van der Waals surface area (Å²) in [6, 6.07) is 4.68. The Balaban J connectivity index is 1.76. The van der Waals surface area contributed by atoms with Gasteiger partial charge in [-0.15, -0.1) is 6.58 Å². The monoisotopic (exact) mass is 289 g/mol. The number of aryl methyl sites for hydroxylation is 1. The molecule has 2 N–H and O–H groups in total. The van der Waals surface area contributed by atoms with Gasteiger partial charge in [0.2, 0.25) is 0 Å². The molecule has 1 aromatic rings. The zero-order valence-electron chi connectivity index (χ0n) is 13.2. The van der Waals surface area contributed by atoms with Crippen molar-refractivity contribution in [1.82, 2.24) is 20.1 Å². The summed E-state index contributed by atoms with van der Waals surface area (Å²) in [4.78, 5) is 6.76. The maximum atomic E-state index is 4.32. The van der Waals surface area contributed by atoms with Crippen LogP contribution >= 0.6 is 0 Å². The Labute approximate surface area is 127 Å². The number of nitrogens with one attached hydrogen (secondary N) is 2. The third kappa shape index (κ3) is 4.63. The van der Waals surface area contributed by atoms with Crippen LogP contribution in [0.25, 0.3) is 0 Å². The summed E-state index contributed by atoms with van der Waals surface area (Å²) in [7, 11) is 3.88. The first-order chi connectivity index (χ1) is 10.2. The maximum absolute atomic E-state index is 4.32. The van der Waals surface area contributed by atoms with E-state index in [1.807, 2.05) is 13.1 Å². The van der Waals surface area contributed by atoms with Gasteiger partial charge in [0.25, 0.3) is 0 Å². The summed E-state index contributed by atoms with van der Waals surface area (Å²) >= 11 is 0. The van der Waals surface area contributed by atoms with E-state index in [-0.39, 0.29) is 0 Å². The van der Waals surface area contributed by atoms with Crippen molar-refractivity contribution in [1.29, 1.82) is 0 Å². The van der Waals surface area contributed by atoms with Gasteiger partial charge in [-0.1, -0.05) is 6.08 Å². The van der Waals surface area contributed by atoms with Crippen LogP contribution in [-0.2, 0) is 13.6 Å². The highest BCUT2D eigenvalue weighted by atomic mass is 15.2. The lowest BCUT2D eigenvalue weighted by Crippen LogP contribution is -2.48. The largest absolute Gasteiger partial charge is 0.354 e. The van der Waals surface area contributed by atoms with Crippen molar-refractivity contribution in [2.45, 2.75) is 25.4 Å². The second kappa shape index (κ2) is 7.88. The van der Waals surface area contributed by atoms with Gasteiger partial charge in [-0.2, -0.15) is 0 Å². The Hall–Kier alpha value is -1.75. The van der Waals surface area contributed by atoms with Crippen molar-refractivity contribution in [3.05, 3.63) is 36.7 Å². The van der Waals surface area contributed by atoms with E-state index in [4.69, 9.17) is 0 Å². The van der Waals surface area contributed by atoms with Crippen molar-refractivity contribution in [2.75, 3.05) is 26.7 Å². The molecule has 0 aliphatic carbocycles. The van der Waals surface area contributed by atoms with Crippen molar-refractivity contribution in [3.8, 4) is 0 Å². The number of likely N-dealkylation sites (tertiary alicyclic amines) is 1. The van der Waals surface area contributed by atoms with Gasteiger partial charge < -0.3 is 15.2 Å². The van der Waals surface area contributed by atoms with E-state index in [9.17, 15) is 0 Å². The average molecular weight is 289 g/mol. The van der Waals surface area contributed by atoms with E-state index in [0.29, 0.717) is 6.04 Å². The molecule has 1 aliphatic heterocycles. The van der Waals surface area contributed by atoms with Crippen LogP contribution in [0.15, 0.2) is 36.0 Å². The lowest BCUT2D eigenvalue weighted by Gasteiger charge is -2.32. The lowest BCUT2D eigenvalue weighted by molar-refractivity contribution is 0.225. The van der Waals surface area contributed by atoms with E-state index in [0.717, 1.165) is 45.0 Å². The van der Waals surface area contributed by atoms with Crippen molar-refractivity contribution < 1.29 is 0 Å². The predicted molar refractivity (Wildman–Crippen MR) is 88.4 cm³/mol. The quantitative estimate of drug-likeness (QED) is 0.488. The number of piperidine rings is 1. The molecule has 5 nitrogen and oxygen atoms in total. The van der Waals surface area contributed by atoms with Gasteiger partial charge in [0.05, 0.1) is 6.54 Å². The summed E-state index contributed by atoms with van der Waals surface area (Å²) < 4.78 is 2.12. The first kappa shape index (κ1) is 15.6. The van der Waals surface area contributed by atoms with Gasteiger partial charge in [-0.3, -0.25) is 9.89 Å². The zero-order valence-corrected chi connectivity index (χ0v) is 13.2. The molecule has 0 spiro atoms. The first-order valence-corrected chi connectivity index (χ1v) is 7.63. The minimum absolute atomic E-state index is 0.505. The molecule has 0 unspecified atom stereocenters. The van der Waals surface area contributed by atoms with Gasteiger partial charge in [0.15, 0.2) is 5.96 Å². The van der Waals surface area contributed by atoms with Gasteiger partial charge in [-0.25, -0.2) is 0 Å². The second-order valence-corrected chi connectivity index (χ2v) is 5.54. The van der Waals surface area contributed by atoms with Crippen molar-refractivity contribution in [3.63, 3.8) is 0 Å². The Kier molecular flexibility index (Phi) is 5.87. The molecular weight excluding hydrogens is 262 g/mol. The van der Waals surface area contributed by atoms with Crippen LogP contribution in [0.3, 0.4) is 0 Å². The van der Waals surface area contributed by atoms with Crippen LogP contribution in [0.5, 0.6) is 0 Å². The summed E-state index contributed by atoms with van der Waals surface area (Å²) in [6.45, 7) is 7.83. The molecule has 2 heterocycles. The Morgan fingerprint density at radius 1 is 1.48 bits per heavy atom. The van der Waals surface area contributed by atoms with Crippen molar-refractivity contribution >= 4 is 5.96 Å². The van der Waals surface area contributed by atoms with E-state index < -0.39 is 0 Å². The number of aliphatic imine (C=N–C) groups is 1. The van der Waals surface area contributed by atoms with E-state index >= 15 is 0 Å². The molecule has 21 heavy (non-hydrogen) atoms. The average Bonchev–Trinajstić information content (AvgIpc) is 2.91. The fourth-order valence-electron chi connectivity index (χ4n) is 2.68. The molecule has 2 rings (SSSR count).